The second-order valence-electron chi connectivity index (χ2n) is 2.52. The number of ether oxygens (including phenoxy) is 1. The third kappa shape index (κ3) is 2.51. The number of hydrogen-bond acceptors (Lipinski definition) is 4. The van der Waals surface area contributed by atoms with Crippen LogP contribution in [-0.4, -0.2) is 25.2 Å². The van der Waals surface area contributed by atoms with Crippen LogP contribution in [0.15, 0.2) is 12.1 Å². The molecule has 4 N–H and O–H groups in total. The van der Waals surface area contributed by atoms with Crippen molar-refractivity contribution in [2.24, 2.45) is 0 Å². The molecule has 14 heavy (non-hydrogen) atoms. The number of nitrogens with one attached hydrogen (secondary N) is 2. The minimum atomic E-state index is -0.356. The molecular formula is C8H12N4O2. The van der Waals surface area contributed by atoms with E-state index in [0.29, 0.717) is 11.6 Å². The van der Waals surface area contributed by atoms with Crippen molar-refractivity contribution in [1.82, 2.24) is 10.3 Å². The molecule has 0 aliphatic rings. The molecule has 76 valence electrons. The van der Waals surface area contributed by atoms with Crippen LogP contribution < -0.4 is 21.1 Å². The minimum absolute atomic E-state index is 0.288. The monoisotopic (exact) mass is 196 g/mol. The molecule has 0 bridgehead atoms. The number of nitrogens with zero attached hydrogens (tertiary/aromatic N) is 1. The molecule has 1 heterocycles. The van der Waals surface area contributed by atoms with Gasteiger partial charge in [-0.05, 0) is 0 Å². The number of hydrogen-bond donors (Lipinski definition) is 3. The van der Waals surface area contributed by atoms with Gasteiger partial charge in [-0.2, -0.15) is 0 Å². The van der Waals surface area contributed by atoms with E-state index in [9.17, 15) is 4.79 Å². The van der Waals surface area contributed by atoms with E-state index < -0.39 is 0 Å². The van der Waals surface area contributed by atoms with Crippen LogP contribution in [0.3, 0.4) is 0 Å². The molecule has 0 saturated carbocycles. The average Bonchev–Trinajstić information content (AvgIpc) is 2.16. The summed E-state index contributed by atoms with van der Waals surface area (Å²) in [6, 6.07) is 2.78. The maximum absolute atomic E-state index is 10.9. The predicted molar refractivity (Wildman–Crippen MR) is 53.3 cm³/mol. The van der Waals surface area contributed by atoms with Crippen molar-refractivity contribution in [3.63, 3.8) is 0 Å². The summed E-state index contributed by atoms with van der Waals surface area (Å²) in [5, 5.41) is 4.88. The van der Waals surface area contributed by atoms with Gasteiger partial charge in [0.2, 0.25) is 0 Å². The number of aromatic nitrogens is 1. The Hall–Kier alpha value is -1.98. The molecule has 6 heteroatoms. The van der Waals surface area contributed by atoms with E-state index in [1.807, 2.05) is 0 Å². The molecule has 1 aromatic heterocycles. The molecule has 0 aliphatic carbocycles. The number of carbonyl (C=O) groups is 1. The number of amides is 2. The Morgan fingerprint density at radius 2 is 2.29 bits per heavy atom. The standard InChI is InChI=1S/C8H12N4O2/c1-10-8(13)12-7-4-5(14-2)3-6(9)11-7/h3-4H,1-2H3,(H4,9,10,11,12,13). The maximum Gasteiger partial charge on any atom is 0.320 e. The molecule has 0 atom stereocenters. The molecule has 0 spiro atoms. The van der Waals surface area contributed by atoms with E-state index in [-0.39, 0.29) is 11.8 Å². The Bertz CT molecular complexity index is 340. The first-order valence-corrected chi connectivity index (χ1v) is 3.96. The van der Waals surface area contributed by atoms with E-state index in [4.69, 9.17) is 10.5 Å². The number of urea groups is 1. The lowest BCUT2D eigenvalue weighted by Gasteiger charge is -2.06. The van der Waals surface area contributed by atoms with Crippen molar-refractivity contribution in [3.05, 3.63) is 12.1 Å². The largest absolute Gasteiger partial charge is 0.496 e. The minimum Gasteiger partial charge on any atom is -0.496 e. The third-order valence-electron chi connectivity index (χ3n) is 1.52. The van der Waals surface area contributed by atoms with Gasteiger partial charge < -0.3 is 15.8 Å². The quantitative estimate of drug-likeness (QED) is 0.639. The van der Waals surface area contributed by atoms with Crippen LogP contribution in [0.25, 0.3) is 0 Å². The third-order valence-corrected chi connectivity index (χ3v) is 1.52. The molecule has 0 aromatic carbocycles. The van der Waals surface area contributed by atoms with Gasteiger partial charge in [0.25, 0.3) is 0 Å². The zero-order valence-corrected chi connectivity index (χ0v) is 8.00. The molecule has 1 rings (SSSR count). The van der Waals surface area contributed by atoms with Gasteiger partial charge in [-0.1, -0.05) is 0 Å². The average molecular weight is 196 g/mol. The van der Waals surface area contributed by atoms with Crippen LogP contribution >= 0.6 is 0 Å². The highest BCUT2D eigenvalue weighted by molar-refractivity contribution is 5.88. The summed E-state index contributed by atoms with van der Waals surface area (Å²) in [6.07, 6.45) is 0. The molecule has 0 unspecified atom stereocenters. The van der Waals surface area contributed by atoms with Crippen molar-refractivity contribution in [3.8, 4) is 5.75 Å². The number of nitrogen functional groups attached to an aromatic ring is 1. The van der Waals surface area contributed by atoms with Crippen molar-refractivity contribution >= 4 is 17.7 Å². The van der Waals surface area contributed by atoms with Gasteiger partial charge in [-0.15, -0.1) is 0 Å². The zero-order chi connectivity index (χ0) is 10.6. The van der Waals surface area contributed by atoms with Crippen molar-refractivity contribution in [2.45, 2.75) is 0 Å². The van der Waals surface area contributed by atoms with Gasteiger partial charge >= 0.3 is 6.03 Å². The normalized spacial score (nSPS) is 9.29. The number of nitrogens with two attached hydrogens (primary N) is 1. The summed E-state index contributed by atoms with van der Waals surface area (Å²) in [7, 11) is 3.03. The lowest BCUT2D eigenvalue weighted by Crippen LogP contribution is -2.25. The van der Waals surface area contributed by atoms with Crippen molar-refractivity contribution < 1.29 is 9.53 Å². The van der Waals surface area contributed by atoms with Crippen LogP contribution in [0, 0.1) is 0 Å². The first-order chi connectivity index (χ1) is 6.65. The van der Waals surface area contributed by atoms with Gasteiger partial charge in [0.15, 0.2) is 0 Å². The summed E-state index contributed by atoms with van der Waals surface area (Å²) >= 11 is 0. The molecule has 1 aromatic rings. The summed E-state index contributed by atoms with van der Waals surface area (Å²) in [4.78, 5) is 14.8. The number of anilines is 2. The van der Waals surface area contributed by atoms with Crippen LogP contribution in [0.1, 0.15) is 0 Å². The molecule has 0 aliphatic heterocycles. The summed E-state index contributed by atoms with van der Waals surface area (Å²) in [5.74, 6) is 1.18. The lowest BCUT2D eigenvalue weighted by molar-refractivity contribution is 0.254. The van der Waals surface area contributed by atoms with Crippen LogP contribution in [0.5, 0.6) is 5.75 Å². The van der Waals surface area contributed by atoms with E-state index in [1.165, 1.54) is 14.2 Å². The first kappa shape index (κ1) is 10.1. The fraction of sp³-hybridized carbons (Fsp3) is 0.250. The smallest absolute Gasteiger partial charge is 0.320 e. The summed E-state index contributed by atoms with van der Waals surface area (Å²) in [6.45, 7) is 0. The van der Waals surface area contributed by atoms with E-state index >= 15 is 0 Å². The molecular weight excluding hydrogens is 184 g/mol. The fourth-order valence-electron chi connectivity index (χ4n) is 0.887. The maximum atomic E-state index is 10.9. The van der Waals surface area contributed by atoms with Crippen LogP contribution in [0.4, 0.5) is 16.4 Å². The highest BCUT2D eigenvalue weighted by atomic mass is 16.5. The Kier molecular flexibility index (Phi) is 3.11. The van der Waals surface area contributed by atoms with E-state index in [0.717, 1.165) is 0 Å². The van der Waals surface area contributed by atoms with E-state index in [1.54, 1.807) is 12.1 Å². The Morgan fingerprint density at radius 1 is 1.57 bits per heavy atom. The Morgan fingerprint density at radius 3 is 2.86 bits per heavy atom. The number of carbonyl (C=O) groups excluding carboxylic acids is 1. The van der Waals surface area contributed by atoms with Crippen LogP contribution in [-0.2, 0) is 0 Å². The van der Waals surface area contributed by atoms with Gasteiger partial charge in [-0.25, -0.2) is 9.78 Å². The fourth-order valence-corrected chi connectivity index (χ4v) is 0.887. The number of rotatable bonds is 2. The molecule has 0 saturated heterocycles. The zero-order valence-electron chi connectivity index (χ0n) is 8.00. The first-order valence-electron chi connectivity index (χ1n) is 3.96. The molecule has 2 amide bonds. The highest BCUT2D eigenvalue weighted by Gasteiger charge is 2.03. The SMILES string of the molecule is CNC(=O)Nc1cc(OC)cc(N)n1. The van der Waals surface area contributed by atoms with Gasteiger partial charge in [0.1, 0.15) is 17.4 Å². The van der Waals surface area contributed by atoms with E-state index in [2.05, 4.69) is 15.6 Å². The summed E-state index contributed by atoms with van der Waals surface area (Å²) < 4.78 is 4.96. The molecule has 0 fully saturated rings. The lowest BCUT2D eigenvalue weighted by atomic mass is 10.4. The predicted octanol–water partition coefficient (Wildman–Crippen LogP) is 0.424. The van der Waals surface area contributed by atoms with Gasteiger partial charge in [0, 0.05) is 19.2 Å². The van der Waals surface area contributed by atoms with Gasteiger partial charge in [-0.3, -0.25) is 5.32 Å². The number of pyridine rings is 1. The highest BCUT2D eigenvalue weighted by Crippen LogP contribution is 2.17. The molecule has 0 radical (unpaired) electrons. The summed E-state index contributed by atoms with van der Waals surface area (Å²) in [5.41, 5.74) is 5.49. The van der Waals surface area contributed by atoms with Crippen molar-refractivity contribution in [1.29, 1.82) is 0 Å². The van der Waals surface area contributed by atoms with Gasteiger partial charge in [0.05, 0.1) is 7.11 Å². The van der Waals surface area contributed by atoms with Crippen LogP contribution in [0.2, 0.25) is 0 Å². The topological polar surface area (TPSA) is 89.3 Å². The molecule has 6 nitrogen and oxygen atoms in total. The second-order valence-corrected chi connectivity index (χ2v) is 2.52. The number of methoxy groups -OCH3 is 1. The second kappa shape index (κ2) is 4.31. The Labute approximate surface area is 81.5 Å². The van der Waals surface area contributed by atoms with Crippen molar-refractivity contribution in [2.75, 3.05) is 25.2 Å². The Balaban J connectivity index is 2.86.